The summed E-state index contributed by atoms with van der Waals surface area (Å²) in [5.41, 5.74) is 5.46. The molecule has 4 rings (SSSR count). The van der Waals surface area contributed by atoms with E-state index in [1.54, 1.807) is 24.3 Å². The lowest BCUT2D eigenvalue weighted by Crippen LogP contribution is -2.15. The number of hydrogen-bond acceptors (Lipinski definition) is 10. The Hall–Kier alpha value is -3.78. The maximum Gasteiger partial charge on any atom is 0.297 e. The van der Waals surface area contributed by atoms with Crippen molar-refractivity contribution in [2.24, 2.45) is 0 Å². The van der Waals surface area contributed by atoms with E-state index in [0.29, 0.717) is 11.5 Å². The van der Waals surface area contributed by atoms with Crippen LogP contribution in [0.1, 0.15) is 22.3 Å². The second-order valence-corrected chi connectivity index (χ2v) is 14.2. The van der Waals surface area contributed by atoms with Crippen molar-refractivity contribution in [1.29, 1.82) is 0 Å². The normalized spacial score (nSPS) is 11.8. The molecule has 0 fully saturated rings. The summed E-state index contributed by atoms with van der Waals surface area (Å²) < 4.78 is 83.0. The maximum atomic E-state index is 12.3. The van der Waals surface area contributed by atoms with Gasteiger partial charge in [0.25, 0.3) is 20.2 Å². The van der Waals surface area contributed by atoms with Crippen molar-refractivity contribution in [2.75, 3.05) is 52.9 Å². The summed E-state index contributed by atoms with van der Waals surface area (Å²) in [4.78, 5) is 0.208. The van der Waals surface area contributed by atoms with Crippen molar-refractivity contribution in [2.45, 2.75) is 37.5 Å². The summed E-state index contributed by atoms with van der Waals surface area (Å²) in [6.45, 7) is 8.54. The van der Waals surface area contributed by atoms with E-state index in [1.807, 2.05) is 64.1 Å². The molecule has 0 radical (unpaired) electrons. The molecule has 0 aliphatic carbocycles. The standard InChI is InChI=1S/C36H42O10S2/c1-27-11-15-31(16-12-27)47(37,38)45-25-21-41-19-23-43-35-29(3)7-5-9-33(35)34-10-6-8-30(4)36(34)44-24-20-42-22-26-46-48(39,40)32-17-13-28(2)14-18-32/h5-18H,19-26H2,1-4H3. The van der Waals surface area contributed by atoms with Gasteiger partial charge in [0.15, 0.2) is 0 Å². The number of benzene rings is 4. The lowest BCUT2D eigenvalue weighted by molar-refractivity contribution is 0.0774. The fourth-order valence-corrected chi connectivity index (χ4v) is 6.46. The van der Waals surface area contributed by atoms with Gasteiger partial charge in [0.1, 0.15) is 24.7 Å². The van der Waals surface area contributed by atoms with Gasteiger partial charge >= 0.3 is 0 Å². The highest BCUT2D eigenvalue weighted by atomic mass is 32.2. The fourth-order valence-electron chi connectivity index (χ4n) is 4.67. The fraction of sp³-hybridized carbons (Fsp3) is 0.333. The average molecular weight is 699 g/mol. The van der Waals surface area contributed by atoms with E-state index in [-0.39, 0.29) is 62.6 Å². The van der Waals surface area contributed by atoms with E-state index in [9.17, 15) is 16.8 Å². The molecule has 0 unspecified atom stereocenters. The minimum absolute atomic E-state index is 0.0850. The minimum Gasteiger partial charge on any atom is -0.490 e. The van der Waals surface area contributed by atoms with Crippen LogP contribution in [0.2, 0.25) is 0 Å². The molecule has 0 saturated heterocycles. The Bertz CT molecular complexity index is 1700. The summed E-state index contributed by atoms with van der Waals surface area (Å²) in [6, 6.07) is 24.6. The van der Waals surface area contributed by atoms with Gasteiger partial charge in [0, 0.05) is 11.1 Å². The van der Waals surface area contributed by atoms with Gasteiger partial charge in [0.2, 0.25) is 0 Å². The first-order valence-corrected chi connectivity index (χ1v) is 18.3. The van der Waals surface area contributed by atoms with Crippen LogP contribution in [0.3, 0.4) is 0 Å². The minimum atomic E-state index is -3.85. The van der Waals surface area contributed by atoms with Crippen LogP contribution >= 0.6 is 0 Å². The van der Waals surface area contributed by atoms with Crippen LogP contribution in [0, 0.1) is 27.7 Å². The van der Waals surface area contributed by atoms with Gasteiger partial charge in [-0.25, -0.2) is 0 Å². The third-order valence-electron chi connectivity index (χ3n) is 7.21. The molecule has 4 aromatic carbocycles. The van der Waals surface area contributed by atoms with Gasteiger partial charge in [0.05, 0.1) is 49.4 Å². The molecule has 4 aromatic rings. The third-order valence-corrected chi connectivity index (χ3v) is 9.87. The summed E-state index contributed by atoms with van der Waals surface area (Å²) >= 11 is 0. The lowest BCUT2D eigenvalue weighted by Gasteiger charge is -2.19. The topological polar surface area (TPSA) is 124 Å². The molecule has 0 N–H and O–H groups in total. The largest absolute Gasteiger partial charge is 0.490 e. The van der Waals surface area contributed by atoms with Crippen LogP contribution in [0.4, 0.5) is 0 Å². The zero-order valence-corrected chi connectivity index (χ0v) is 29.3. The molecule has 12 heteroatoms. The first-order valence-electron chi connectivity index (χ1n) is 15.5. The van der Waals surface area contributed by atoms with Gasteiger partial charge in [-0.05, 0) is 63.1 Å². The molecule has 10 nitrogen and oxygen atoms in total. The number of aryl methyl sites for hydroxylation is 4. The zero-order chi connectivity index (χ0) is 34.6. The molecular formula is C36H42O10S2. The monoisotopic (exact) mass is 698 g/mol. The van der Waals surface area contributed by atoms with Gasteiger partial charge < -0.3 is 18.9 Å². The molecule has 0 spiro atoms. The van der Waals surface area contributed by atoms with Crippen LogP contribution in [-0.4, -0.2) is 69.7 Å². The van der Waals surface area contributed by atoms with E-state index >= 15 is 0 Å². The van der Waals surface area contributed by atoms with Gasteiger partial charge in [-0.2, -0.15) is 16.8 Å². The van der Waals surface area contributed by atoms with Crippen molar-refractivity contribution in [3.8, 4) is 22.6 Å². The Morgan fingerprint density at radius 1 is 0.438 bits per heavy atom. The van der Waals surface area contributed by atoms with E-state index in [2.05, 4.69) is 0 Å². The van der Waals surface area contributed by atoms with Crippen molar-refractivity contribution in [3.63, 3.8) is 0 Å². The molecule has 0 heterocycles. The van der Waals surface area contributed by atoms with Gasteiger partial charge in [-0.1, -0.05) is 71.8 Å². The first kappa shape index (κ1) is 37.0. The Morgan fingerprint density at radius 3 is 1.17 bits per heavy atom. The van der Waals surface area contributed by atoms with Crippen molar-refractivity contribution in [1.82, 2.24) is 0 Å². The van der Waals surface area contributed by atoms with E-state index < -0.39 is 20.2 Å². The van der Waals surface area contributed by atoms with E-state index in [1.165, 1.54) is 24.3 Å². The zero-order valence-electron chi connectivity index (χ0n) is 27.6. The Labute approximate surface area is 283 Å². The Balaban J connectivity index is 1.25. The highest BCUT2D eigenvalue weighted by molar-refractivity contribution is 7.87. The number of hydrogen-bond donors (Lipinski definition) is 0. The van der Waals surface area contributed by atoms with Crippen LogP contribution in [0.25, 0.3) is 11.1 Å². The molecule has 0 aromatic heterocycles. The number of para-hydroxylation sites is 2. The Morgan fingerprint density at radius 2 is 0.792 bits per heavy atom. The van der Waals surface area contributed by atoms with Crippen LogP contribution in [0.15, 0.2) is 94.7 Å². The smallest absolute Gasteiger partial charge is 0.297 e. The molecule has 0 amide bonds. The number of rotatable bonds is 19. The van der Waals surface area contributed by atoms with E-state index in [4.69, 9.17) is 27.3 Å². The molecule has 0 saturated carbocycles. The highest BCUT2D eigenvalue weighted by Gasteiger charge is 2.17. The highest BCUT2D eigenvalue weighted by Crippen LogP contribution is 2.40. The average Bonchev–Trinajstić information content (AvgIpc) is 3.05. The summed E-state index contributed by atoms with van der Waals surface area (Å²) in [5, 5.41) is 0. The van der Waals surface area contributed by atoms with E-state index in [0.717, 1.165) is 33.4 Å². The number of ether oxygens (including phenoxy) is 4. The summed E-state index contributed by atoms with van der Waals surface area (Å²) in [7, 11) is -7.70. The molecular weight excluding hydrogens is 657 g/mol. The van der Waals surface area contributed by atoms with Crippen LogP contribution in [-0.2, 0) is 38.1 Å². The molecule has 0 atom stereocenters. The predicted octanol–water partition coefficient (Wildman–Crippen LogP) is 6.19. The second kappa shape index (κ2) is 17.6. The molecule has 0 bridgehead atoms. The maximum absolute atomic E-state index is 12.3. The SMILES string of the molecule is Cc1ccc(S(=O)(=O)OCCOCCOc2c(C)cccc2-c2cccc(C)c2OCCOCCOS(=O)(=O)c2ccc(C)cc2)cc1. The second-order valence-electron chi connectivity index (χ2n) is 11.0. The molecule has 48 heavy (non-hydrogen) atoms. The third kappa shape index (κ3) is 10.6. The first-order chi connectivity index (χ1) is 23.0. The van der Waals surface area contributed by atoms with Crippen LogP contribution < -0.4 is 9.47 Å². The van der Waals surface area contributed by atoms with Crippen molar-refractivity contribution in [3.05, 3.63) is 107 Å². The summed E-state index contributed by atoms with van der Waals surface area (Å²) in [5.74, 6) is 1.36. The molecule has 0 aliphatic rings. The van der Waals surface area contributed by atoms with Crippen LogP contribution in [0.5, 0.6) is 11.5 Å². The molecule has 258 valence electrons. The lowest BCUT2D eigenvalue weighted by atomic mass is 9.99. The Kier molecular flexibility index (Phi) is 13.6. The molecule has 0 aliphatic heterocycles. The summed E-state index contributed by atoms with van der Waals surface area (Å²) in [6.07, 6.45) is 0. The quantitative estimate of drug-likeness (QED) is 0.0828. The van der Waals surface area contributed by atoms with Gasteiger partial charge in [-0.3, -0.25) is 8.37 Å². The van der Waals surface area contributed by atoms with Gasteiger partial charge in [-0.15, -0.1) is 0 Å². The van der Waals surface area contributed by atoms with Crippen molar-refractivity contribution >= 4 is 20.2 Å². The predicted molar refractivity (Wildman–Crippen MR) is 183 cm³/mol. The van der Waals surface area contributed by atoms with Crippen molar-refractivity contribution < 1.29 is 44.1 Å².